The lowest BCUT2D eigenvalue weighted by molar-refractivity contribution is -0.119. The third kappa shape index (κ3) is 6.33. The number of carbonyl (C=O) groups excluding carboxylic acids is 2. The number of ether oxygens (including phenoxy) is 1. The van der Waals surface area contributed by atoms with Crippen molar-refractivity contribution < 1.29 is 14.3 Å². The van der Waals surface area contributed by atoms with Gasteiger partial charge in [0.25, 0.3) is 5.24 Å². The number of hydrogen-bond acceptors (Lipinski definition) is 8. The first-order chi connectivity index (χ1) is 13.0. The van der Waals surface area contributed by atoms with Gasteiger partial charge in [-0.3, -0.25) is 30.4 Å². The van der Waals surface area contributed by atoms with Gasteiger partial charge in [-0.1, -0.05) is 11.8 Å². The molecule has 2 aliphatic heterocycles. The van der Waals surface area contributed by atoms with E-state index >= 15 is 0 Å². The maximum Gasteiger partial charge on any atom is 0.286 e. The zero-order valence-corrected chi connectivity index (χ0v) is 17.9. The van der Waals surface area contributed by atoms with Crippen LogP contribution in [0.3, 0.4) is 0 Å². The first-order valence-corrected chi connectivity index (χ1v) is 12.1. The molecule has 154 valence electrons. The van der Waals surface area contributed by atoms with E-state index in [9.17, 15) is 9.59 Å². The van der Waals surface area contributed by atoms with Crippen LogP contribution in [-0.2, 0) is 9.53 Å². The van der Waals surface area contributed by atoms with E-state index in [1.165, 1.54) is 0 Å². The fourth-order valence-corrected chi connectivity index (χ4v) is 5.60. The van der Waals surface area contributed by atoms with Crippen molar-refractivity contribution in [3.63, 3.8) is 0 Å². The Labute approximate surface area is 170 Å². The molecular formula is C18H32N4O3S2. The third-order valence-corrected chi connectivity index (χ3v) is 7.55. The average molecular weight is 417 g/mol. The van der Waals surface area contributed by atoms with Crippen molar-refractivity contribution in [2.45, 2.75) is 61.5 Å². The maximum atomic E-state index is 11.7. The summed E-state index contributed by atoms with van der Waals surface area (Å²) in [5.74, 6) is 0.422. The van der Waals surface area contributed by atoms with Crippen molar-refractivity contribution >= 4 is 34.7 Å². The molecule has 0 bridgehead atoms. The Kier molecular flexibility index (Phi) is 8.28. The van der Waals surface area contributed by atoms with E-state index in [0.717, 1.165) is 70.0 Å². The number of thioether (sulfide) groups is 2. The molecule has 0 aromatic heterocycles. The van der Waals surface area contributed by atoms with Crippen LogP contribution in [0.15, 0.2) is 0 Å². The van der Waals surface area contributed by atoms with Gasteiger partial charge in [-0.15, -0.1) is 11.8 Å². The normalized spacial score (nSPS) is 34.9. The minimum Gasteiger partial charge on any atom is -0.377 e. The SMILES string of the molecule is CSC1NCCC(N(C)CCOC2CCC(CC3SC(=O)NC3=O)CC2)N1. The molecule has 2 amide bonds. The van der Waals surface area contributed by atoms with E-state index in [4.69, 9.17) is 4.74 Å². The Morgan fingerprint density at radius 2 is 2.00 bits per heavy atom. The van der Waals surface area contributed by atoms with E-state index in [1.54, 1.807) is 11.8 Å². The van der Waals surface area contributed by atoms with Gasteiger partial charge in [0.05, 0.1) is 24.1 Å². The third-order valence-electron chi connectivity index (χ3n) is 5.76. The molecule has 3 rings (SSSR count). The summed E-state index contributed by atoms with van der Waals surface area (Å²) in [5, 5.41) is 9.05. The second-order valence-electron chi connectivity index (χ2n) is 7.65. The molecule has 7 nitrogen and oxygen atoms in total. The van der Waals surface area contributed by atoms with E-state index in [0.29, 0.717) is 23.7 Å². The molecule has 3 aliphatic rings. The van der Waals surface area contributed by atoms with Crippen LogP contribution in [0.2, 0.25) is 0 Å². The molecule has 0 spiro atoms. The molecular weight excluding hydrogens is 384 g/mol. The van der Waals surface area contributed by atoms with Gasteiger partial charge < -0.3 is 4.74 Å². The molecule has 3 atom stereocenters. The van der Waals surface area contributed by atoms with E-state index in [2.05, 4.69) is 34.2 Å². The molecule has 0 aromatic rings. The number of nitrogens with zero attached hydrogens (tertiary/aromatic N) is 1. The highest BCUT2D eigenvalue weighted by atomic mass is 32.2. The lowest BCUT2D eigenvalue weighted by Gasteiger charge is -2.37. The molecule has 0 aromatic carbocycles. The van der Waals surface area contributed by atoms with Gasteiger partial charge in [-0.2, -0.15) is 0 Å². The van der Waals surface area contributed by atoms with Gasteiger partial charge in [-0.25, -0.2) is 0 Å². The number of amides is 2. The summed E-state index contributed by atoms with van der Waals surface area (Å²) in [5.41, 5.74) is 0.331. The molecule has 2 heterocycles. The highest BCUT2D eigenvalue weighted by molar-refractivity contribution is 8.15. The number of likely N-dealkylation sites (N-methyl/N-ethyl adjacent to an activating group) is 1. The van der Waals surface area contributed by atoms with Gasteiger partial charge in [0, 0.05) is 13.1 Å². The lowest BCUT2D eigenvalue weighted by Crippen LogP contribution is -2.58. The number of imide groups is 1. The molecule has 27 heavy (non-hydrogen) atoms. The van der Waals surface area contributed by atoms with Crippen LogP contribution in [0.25, 0.3) is 0 Å². The summed E-state index contributed by atoms with van der Waals surface area (Å²) < 4.78 is 6.13. The highest BCUT2D eigenvalue weighted by Gasteiger charge is 2.34. The molecule has 3 N–H and O–H groups in total. The van der Waals surface area contributed by atoms with E-state index in [-0.39, 0.29) is 16.4 Å². The Bertz CT molecular complexity index is 517. The van der Waals surface area contributed by atoms with Crippen LogP contribution in [0, 0.1) is 5.92 Å². The van der Waals surface area contributed by atoms with Crippen LogP contribution in [0.1, 0.15) is 38.5 Å². The Hall–Kier alpha value is -0.320. The summed E-state index contributed by atoms with van der Waals surface area (Å²) in [7, 11) is 2.16. The predicted molar refractivity (Wildman–Crippen MR) is 111 cm³/mol. The van der Waals surface area contributed by atoms with Crippen LogP contribution in [-0.4, -0.2) is 72.1 Å². The lowest BCUT2D eigenvalue weighted by atomic mass is 9.84. The predicted octanol–water partition coefficient (Wildman–Crippen LogP) is 1.79. The average Bonchev–Trinajstić information content (AvgIpc) is 3.00. The quantitative estimate of drug-likeness (QED) is 0.552. The largest absolute Gasteiger partial charge is 0.377 e. The van der Waals surface area contributed by atoms with Crippen molar-refractivity contribution in [1.29, 1.82) is 0 Å². The molecule has 3 unspecified atom stereocenters. The number of carbonyl (C=O) groups is 2. The fraction of sp³-hybridized carbons (Fsp3) is 0.889. The Morgan fingerprint density at radius 1 is 1.22 bits per heavy atom. The summed E-state index contributed by atoms with van der Waals surface area (Å²) in [6, 6.07) is 0. The van der Waals surface area contributed by atoms with Gasteiger partial charge in [0.1, 0.15) is 5.50 Å². The minimum atomic E-state index is -0.196. The van der Waals surface area contributed by atoms with Crippen LogP contribution >= 0.6 is 23.5 Å². The fourth-order valence-electron chi connectivity index (χ4n) is 4.07. The first kappa shape index (κ1) is 21.4. The van der Waals surface area contributed by atoms with Crippen molar-refractivity contribution in [2.24, 2.45) is 5.92 Å². The maximum absolute atomic E-state index is 11.7. The monoisotopic (exact) mass is 416 g/mol. The zero-order valence-electron chi connectivity index (χ0n) is 16.2. The Morgan fingerprint density at radius 3 is 2.67 bits per heavy atom. The second-order valence-corrected chi connectivity index (χ2v) is 9.77. The van der Waals surface area contributed by atoms with Crippen molar-refractivity contribution in [3.8, 4) is 0 Å². The van der Waals surface area contributed by atoms with Crippen LogP contribution in [0.5, 0.6) is 0 Å². The van der Waals surface area contributed by atoms with E-state index < -0.39 is 0 Å². The van der Waals surface area contributed by atoms with Crippen LogP contribution in [0.4, 0.5) is 4.79 Å². The smallest absolute Gasteiger partial charge is 0.286 e. The summed E-state index contributed by atoms with van der Waals surface area (Å²) in [6.45, 7) is 2.73. The number of hydrogen-bond donors (Lipinski definition) is 3. The van der Waals surface area contributed by atoms with Gasteiger partial charge >= 0.3 is 0 Å². The molecule has 0 radical (unpaired) electrons. The molecule has 9 heteroatoms. The van der Waals surface area contributed by atoms with Crippen molar-refractivity contribution in [3.05, 3.63) is 0 Å². The van der Waals surface area contributed by atoms with Crippen molar-refractivity contribution in [2.75, 3.05) is 33.0 Å². The van der Waals surface area contributed by atoms with Crippen molar-refractivity contribution in [1.82, 2.24) is 20.9 Å². The minimum absolute atomic E-state index is 0.110. The molecule has 3 fully saturated rings. The first-order valence-electron chi connectivity index (χ1n) is 9.90. The zero-order chi connectivity index (χ0) is 19.2. The van der Waals surface area contributed by atoms with Crippen LogP contribution < -0.4 is 16.0 Å². The summed E-state index contributed by atoms with van der Waals surface area (Å²) >= 11 is 2.95. The molecule has 2 saturated heterocycles. The summed E-state index contributed by atoms with van der Waals surface area (Å²) in [6.07, 6.45) is 9.06. The summed E-state index contributed by atoms with van der Waals surface area (Å²) in [4.78, 5) is 25.3. The Balaban J connectivity index is 1.29. The van der Waals surface area contributed by atoms with Gasteiger partial charge in [0.15, 0.2) is 0 Å². The molecule has 1 aliphatic carbocycles. The van der Waals surface area contributed by atoms with Gasteiger partial charge in [-0.05, 0) is 57.7 Å². The number of nitrogens with one attached hydrogen (secondary N) is 3. The molecule has 1 saturated carbocycles. The topological polar surface area (TPSA) is 82.7 Å². The highest BCUT2D eigenvalue weighted by Crippen LogP contribution is 2.34. The standard InChI is InChI=1S/C18H32N4O3S2/c1-22(15-7-8-19-17(20-15)26-2)9-10-25-13-5-3-12(4-6-13)11-14-16(23)21-18(24)27-14/h12-15,17,19-20H,3-11H2,1-2H3,(H,21,23,24). The van der Waals surface area contributed by atoms with Gasteiger partial charge in [0.2, 0.25) is 5.91 Å². The second kappa shape index (κ2) is 10.5. The number of rotatable bonds is 8. The van der Waals surface area contributed by atoms with E-state index in [1.807, 2.05) is 0 Å².